The van der Waals surface area contributed by atoms with Gasteiger partial charge in [0.1, 0.15) is 6.10 Å². The largest absolute Gasteiger partial charge is 0.386 e. The maximum Gasteiger partial charge on any atom is 0.105 e. The van der Waals surface area contributed by atoms with Crippen LogP contribution < -0.4 is 0 Å². The van der Waals surface area contributed by atoms with Crippen LogP contribution >= 0.6 is 0 Å². The molecule has 0 bridgehead atoms. The van der Waals surface area contributed by atoms with Crippen molar-refractivity contribution in [1.82, 2.24) is 0 Å². The van der Waals surface area contributed by atoms with Crippen molar-refractivity contribution in [2.75, 3.05) is 6.61 Å². The third-order valence-corrected chi connectivity index (χ3v) is 3.00. The molecule has 2 nitrogen and oxygen atoms in total. The first-order valence-electron chi connectivity index (χ1n) is 6.61. The number of rotatable bonds is 7. The molecule has 0 aliphatic heterocycles. The third kappa shape index (κ3) is 4.14. The molecule has 1 N–H and O–H groups in total. The number of aliphatic hydroxyl groups excluding tert-OH is 1. The number of ether oxygens (including phenoxy) is 1. The molecule has 0 aliphatic rings. The topological polar surface area (TPSA) is 29.5 Å². The average Bonchev–Trinajstić information content (AvgIpc) is 2.36. The van der Waals surface area contributed by atoms with Gasteiger partial charge in [-0.1, -0.05) is 44.5 Å². The van der Waals surface area contributed by atoms with E-state index in [1.807, 2.05) is 26.0 Å². The molecule has 0 saturated heterocycles. The van der Waals surface area contributed by atoms with E-state index in [4.69, 9.17) is 4.74 Å². The van der Waals surface area contributed by atoms with Crippen LogP contribution in [0.5, 0.6) is 0 Å². The van der Waals surface area contributed by atoms with Crippen molar-refractivity contribution in [3.05, 3.63) is 35.4 Å². The highest BCUT2D eigenvalue weighted by atomic mass is 16.5. The molecule has 0 fully saturated rings. The van der Waals surface area contributed by atoms with Crippen molar-refractivity contribution in [2.24, 2.45) is 0 Å². The van der Waals surface area contributed by atoms with E-state index in [9.17, 15) is 5.11 Å². The zero-order valence-corrected chi connectivity index (χ0v) is 11.1. The van der Waals surface area contributed by atoms with E-state index in [2.05, 4.69) is 19.1 Å². The molecule has 1 rings (SSSR count). The van der Waals surface area contributed by atoms with Crippen LogP contribution in [-0.2, 0) is 11.2 Å². The normalized spacial score (nSPS) is 14.6. The van der Waals surface area contributed by atoms with Crippen molar-refractivity contribution < 1.29 is 9.84 Å². The van der Waals surface area contributed by atoms with Gasteiger partial charge >= 0.3 is 0 Å². The summed E-state index contributed by atoms with van der Waals surface area (Å²) in [6, 6.07) is 8.22. The highest BCUT2D eigenvalue weighted by Crippen LogP contribution is 2.22. The lowest BCUT2D eigenvalue weighted by atomic mass is 10.00. The average molecular weight is 236 g/mol. The minimum absolute atomic E-state index is 0.1000. The molecular formula is C15H24O2. The minimum Gasteiger partial charge on any atom is -0.386 e. The van der Waals surface area contributed by atoms with Crippen molar-refractivity contribution >= 4 is 0 Å². The Morgan fingerprint density at radius 3 is 2.24 bits per heavy atom. The van der Waals surface area contributed by atoms with Crippen LogP contribution in [-0.4, -0.2) is 17.8 Å². The van der Waals surface area contributed by atoms with Gasteiger partial charge in [0.25, 0.3) is 0 Å². The summed E-state index contributed by atoms with van der Waals surface area (Å²) in [5.74, 6) is 0. The molecular weight excluding hydrogens is 212 g/mol. The van der Waals surface area contributed by atoms with Crippen molar-refractivity contribution in [1.29, 1.82) is 0 Å². The van der Waals surface area contributed by atoms with Gasteiger partial charge < -0.3 is 9.84 Å². The summed E-state index contributed by atoms with van der Waals surface area (Å²) in [7, 11) is 0. The lowest BCUT2D eigenvalue weighted by molar-refractivity contribution is -0.0355. The van der Waals surface area contributed by atoms with Crippen LogP contribution in [0.1, 0.15) is 50.8 Å². The van der Waals surface area contributed by atoms with E-state index in [0.717, 1.165) is 24.8 Å². The van der Waals surface area contributed by atoms with Crippen molar-refractivity contribution in [3.63, 3.8) is 0 Å². The van der Waals surface area contributed by atoms with Crippen LogP contribution in [0.2, 0.25) is 0 Å². The molecule has 96 valence electrons. The molecule has 0 radical (unpaired) electrons. The number of benzene rings is 1. The molecule has 1 aromatic rings. The third-order valence-electron chi connectivity index (χ3n) is 3.00. The van der Waals surface area contributed by atoms with Crippen molar-refractivity contribution in [2.45, 2.75) is 52.2 Å². The first-order valence-corrected chi connectivity index (χ1v) is 6.61. The molecule has 17 heavy (non-hydrogen) atoms. The Labute approximate surface area is 105 Å². The number of hydrogen-bond acceptors (Lipinski definition) is 2. The summed E-state index contributed by atoms with van der Waals surface area (Å²) < 4.78 is 5.54. The lowest BCUT2D eigenvalue weighted by Crippen LogP contribution is -2.21. The Bertz CT molecular complexity index is 305. The highest BCUT2D eigenvalue weighted by Gasteiger charge is 2.19. The van der Waals surface area contributed by atoms with E-state index >= 15 is 0 Å². The van der Waals surface area contributed by atoms with E-state index in [1.165, 1.54) is 5.56 Å². The monoisotopic (exact) mass is 236 g/mol. The number of aliphatic hydroxyl groups is 1. The quantitative estimate of drug-likeness (QED) is 0.785. The molecule has 0 heterocycles. The second-order valence-corrected chi connectivity index (χ2v) is 4.34. The van der Waals surface area contributed by atoms with Crippen LogP contribution in [0.4, 0.5) is 0 Å². The maximum absolute atomic E-state index is 10.2. The molecule has 2 unspecified atom stereocenters. The molecule has 0 aliphatic carbocycles. The molecule has 0 amide bonds. The summed E-state index contributed by atoms with van der Waals surface area (Å²) in [4.78, 5) is 0. The predicted octanol–water partition coefficient (Wildman–Crippen LogP) is 3.49. The van der Waals surface area contributed by atoms with Gasteiger partial charge in [-0.3, -0.25) is 0 Å². The standard InChI is InChI=1S/C15H24O2/c1-4-7-12-8-10-13(11-9-12)15(16)14(5-2)17-6-3/h8-11,14-16H,4-7H2,1-3H3. The Hall–Kier alpha value is -0.860. The second-order valence-electron chi connectivity index (χ2n) is 4.34. The maximum atomic E-state index is 10.2. The molecule has 2 heteroatoms. The summed E-state index contributed by atoms with van der Waals surface area (Å²) in [5.41, 5.74) is 2.28. The first-order chi connectivity index (χ1) is 8.22. The predicted molar refractivity (Wildman–Crippen MR) is 71.1 cm³/mol. The zero-order chi connectivity index (χ0) is 12.7. The zero-order valence-electron chi connectivity index (χ0n) is 11.1. The fourth-order valence-electron chi connectivity index (χ4n) is 2.03. The molecule has 0 saturated carbocycles. The van der Waals surface area contributed by atoms with Gasteiger partial charge in [-0.25, -0.2) is 0 Å². The van der Waals surface area contributed by atoms with E-state index < -0.39 is 6.10 Å². The SMILES string of the molecule is CCCc1ccc(C(O)C(CC)OCC)cc1. The Kier molecular flexibility index (Phi) is 6.23. The minimum atomic E-state index is -0.518. The summed E-state index contributed by atoms with van der Waals surface area (Å²) in [6.45, 7) is 6.81. The Morgan fingerprint density at radius 1 is 1.12 bits per heavy atom. The van der Waals surface area contributed by atoms with E-state index in [-0.39, 0.29) is 6.10 Å². The summed E-state index contributed by atoms with van der Waals surface area (Å²) in [5, 5.41) is 10.2. The molecule has 1 aromatic carbocycles. The first kappa shape index (κ1) is 14.2. The second kappa shape index (κ2) is 7.46. The Morgan fingerprint density at radius 2 is 1.76 bits per heavy atom. The van der Waals surface area contributed by atoms with Crippen LogP contribution in [0.25, 0.3) is 0 Å². The van der Waals surface area contributed by atoms with E-state index in [1.54, 1.807) is 0 Å². The van der Waals surface area contributed by atoms with Crippen molar-refractivity contribution in [3.8, 4) is 0 Å². The van der Waals surface area contributed by atoms with Gasteiger partial charge in [-0.2, -0.15) is 0 Å². The lowest BCUT2D eigenvalue weighted by Gasteiger charge is -2.22. The van der Waals surface area contributed by atoms with Crippen LogP contribution in [0.3, 0.4) is 0 Å². The van der Waals surface area contributed by atoms with Gasteiger partial charge in [-0.05, 0) is 30.9 Å². The van der Waals surface area contributed by atoms with Gasteiger partial charge in [0.05, 0.1) is 6.10 Å². The fourth-order valence-corrected chi connectivity index (χ4v) is 2.03. The van der Waals surface area contributed by atoms with Gasteiger partial charge in [-0.15, -0.1) is 0 Å². The Balaban J connectivity index is 2.70. The molecule has 2 atom stereocenters. The summed E-state index contributed by atoms with van der Waals surface area (Å²) >= 11 is 0. The van der Waals surface area contributed by atoms with Gasteiger partial charge in [0, 0.05) is 6.61 Å². The van der Waals surface area contributed by atoms with Crippen LogP contribution in [0.15, 0.2) is 24.3 Å². The van der Waals surface area contributed by atoms with Gasteiger partial charge in [0.2, 0.25) is 0 Å². The number of aryl methyl sites for hydroxylation is 1. The molecule has 0 aromatic heterocycles. The molecule has 0 spiro atoms. The fraction of sp³-hybridized carbons (Fsp3) is 0.600. The number of hydrogen-bond donors (Lipinski definition) is 1. The van der Waals surface area contributed by atoms with Crippen LogP contribution in [0, 0.1) is 0 Å². The summed E-state index contributed by atoms with van der Waals surface area (Å²) in [6.07, 6.45) is 2.45. The van der Waals surface area contributed by atoms with Gasteiger partial charge in [0.15, 0.2) is 0 Å². The highest BCUT2D eigenvalue weighted by molar-refractivity contribution is 5.24. The van der Waals surface area contributed by atoms with E-state index in [0.29, 0.717) is 6.61 Å². The smallest absolute Gasteiger partial charge is 0.105 e.